The van der Waals surface area contributed by atoms with Crippen LogP contribution < -0.4 is 5.32 Å². The second-order valence-electron chi connectivity index (χ2n) is 5.40. The zero-order valence-corrected chi connectivity index (χ0v) is 12.5. The van der Waals surface area contributed by atoms with Gasteiger partial charge in [0.2, 0.25) is 0 Å². The highest BCUT2D eigenvalue weighted by Gasteiger charge is 2.34. The topological polar surface area (TPSA) is 12.0 Å². The van der Waals surface area contributed by atoms with Gasteiger partial charge < -0.3 is 5.32 Å². The van der Waals surface area contributed by atoms with Crippen LogP contribution in [0.15, 0.2) is 22.7 Å². The Labute approximate surface area is 117 Å². The summed E-state index contributed by atoms with van der Waals surface area (Å²) < 4.78 is 14.8. The lowest BCUT2D eigenvalue weighted by atomic mass is 9.80. The van der Waals surface area contributed by atoms with Gasteiger partial charge in [0.25, 0.3) is 0 Å². The van der Waals surface area contributed by atoms with Gasteiger partial charge in [-0.3, -0.25) is 0 Å². The second-order valence-corrected chi connectivity index (χ2v) is 6.32. The summed E-state index contributed by atoms with van der Waals surface area (Å²) in [6.07, 6.45) is 5.86. The molecule has 100 valence electrons. The van der Waals surface area contributed by atoms with Crippen molar-refractivity contribution < 1.29 is 4.39 Å². The molecule has 0 unspecified atom stereocenters. The molecule has 18 heavy (non-hydrogen) atoms. The summed E-state index contributed by atoms with van der Waals surface area (Å²) in [4.78, 5) is 0. The number of nitrogens with one attached hydrogen (secondary N) is 1. The quantitative estimate of drug-likeness (QED) is 0.854. The Balaban J connectivity index is 2.13. The lowest BCUT2D eigenvalue weighted by Gasteiger charge is -2.29. The molecule has 0 amide bonds. The van der Waals surface area contributed by atoms with Crippen LogP contribution in [0.3, 0.4) is 0 Å². The highest BCUT2D eigenvalue weighted by molar-refractivity contribution is 9.10. The van der Waals surface area contributed by atoms with E-state index in [1.807, 2.05) is 12.1 Å². The molecular weight excluding hydrogens is 293 g/mol. The zero-order valence-electron chi connectivity index (χ0n) is 10.9. The lowest BCUT2D eigenvalue weighted by molar-refractivity contribution is 0.276. The fourth-order valence-corrected chi connectivity index (χ4v) is 3.33. The van der Waals surface area contributed by atoms with E-state index in [0.717, 1.165) is 29.5 Å². The van der Waals surface area contributed by atoms with Crippen LogP contribution in [0.2, 0.25) is 0 Å². The average molecular weight is 314 g/mol. The maximum atomic E-state index is 13.9. The molecule has 0 aliphatic heterocycles. The van der Waals surface area contributed by atoms with Crippen molar-refractivity contribution in [3.05, 3.63) is 34.1 Å². The third-order valence-corrected chi connectivity index (χ3v) is 4.49. The first-order valence-electron chi connectivity index (χ1n) is 6.80. The Bertz CT molecular complexity index is 399. The summed E-state index contributed by atoms with van der Waals surface area (Å²) in [6.45, 7) is 4.13. The maximum absolute atomic E-state index is 13.9. The Morgan fingerprint density at radius 3 is 2.67 bits per heavy atom. The van der Waals surface area contributed by atoms with Gasteiger partial charge in [0.05, 0.1) is 0 Å². The molecule has 1 N–H and O–H groups in total. The highest BCUT2D eigenvalue weighted by Crippen LogP contribution is 2.41. The molecule has 0 aromatic heterocycles. The molecule has 1 saturated carbocycles. The minimum atomic E-state index is -0.0767. The normalized spacial score (nSPS) is 18.2. The average Bonchev–Trinajstić information content (AvgIpc) is 2.80. The number of halogens is 2. The summed E-state index contributed by atoms with van der Waals surface area (Å²) in [5.41, 5.74) is 1.13. The van der Waals surface area contributed by atoms with E-state index >= 15 is 0 Å². The molecular formula is C15H21BrFN. The van der Waals surface area contributed by atoms with Crippen molar-refractivity contribution in [2.75, 3.05) is 13.1 Å². The van der Waals surface area contributed by atoms with E-state index in [-0.39, 0.29) is 11.2 Å². The predicted octanol–water partition coefficient (Wildman–Crippen LogP) is 4.30. The number of benzene rings is 1. The van der Waals surface area contributed by atoms with Gasteiger partial charge in [-0.05, 0) is 48.9 Å². The van der Waals surface area contributed by atoms with Gasteiger partial charge in [-0.2, -0.15) is 0 Å². The van der Waals surface area contributed by atoms with Crippen molar-refractivity contribution >= 4 is 15.9 Å². The Morgan fingerprint density at radius 1 is 1.33 bits per heavy atom. The molecule has 0 saturated heterocycles. The van der Waals surface area contributed by atoms with E-state index < -0.39 is 0 Å². The van der Waals surface area contributed by atoms with Crippen LogP contribution >= 0.6 is 15.9 Å². The van der Waals surface area contributed by atoms with Crippen molar-refractivity contribution in [3.63, 3.8) is 0 Å². The lowest BCUT2D eigenvalue weighted by Crippen LogP contribution is -2.34. The first-order chi connectivity index (χ1) is 8.65. The first kappa shape index (κ1) is 14.0. The summed E-state index contributed by atoms with van der Waals surface area (Å²) in [6, 6.07) is 5.44. The van der Waals surface area contributed by atoms with Crippen LogP contribution in [-0.4, -0.2) is 13.1 Å². The van der Waals surface area contributed by atoms with E-state index in [0.29, 0.717) is 0 Å². The monoisotopic (exact) mass is 313 g/mol. The SMILES string of the molecule is CCNCC1(Cc2ccc(Br)cc2F)CCCC1. The van der Waals surface area contributed by atoms with Gasteiger partial charge in [-0.15, -0.1) is 0 Å². The third-order valence-electron chi connectivity index (χ3n) is 3.99. The Morgan fingerprint density at radius 2 is 2.06 bits per heavy atom. The summed E-state index contributed by atoms with van der Waals surface area (Å²) >= 11 is 3.31. The van der Waals surface area contributed by atoms with Gasteiger partial charge in [0.15, 0.2) is 0 Å². The van der Waals surface area contributed by atoms with Crippen molar-refractivity contribution in [2.24, 2.45) is 5.41 Å². The molecule has 0 spiro atoms. The number of hydrogen-bond donors (Lipinski definition) is 1. The van der Waals surface area contributed by atoms with Crippen molar-refractivity contribution in [1.82, 2.24) is 5.32 Å². The van der Waals surface area contributed by atoms with Gasteiger partial charge in [0.1, 0.15) is 5.82 Å². The molecule has 0 heterocycles. The van der Waals surface area contributed by atoms with Gasteiger partial charge in [-0.1, -0.05) is 41.8 Å². The standard InChI is InChI=1S/C15H21BrFN/c1-2-18-11-15(7-3-4-8-15)10-12-5-6-13(16)9-14(12)17/h5-6,9,18H,2-4,7-8,10-11H2,1H3. The van der Waals surface area contributed by atoms with E-state index in [9.17, 15) is 4.39 Å². The second kappa shape index (κ2) is 6.16. The smallest absolute Gasteiger partial charge is 0.127 e. The van der Waals surface area contributed by atoms with E-state index in [1.54, 1.807) is 6.07 Å². The van der Waals surface area contributed by atoms with Crippen LogP contribution in [0.5, 0.6) is 0 Å². The molecule has 0 bridgehead atoms. The summed E-state index contributed by atoms with van der Waals surface area (Å²) in [7, 11) is 0. The molecule has 3 heteroatoms. The molecule has 0 radical (unpaired) electrons. The predicted molar refractivity (Wildman–Crippen MR) is 77.2 cm³/mol. The number of rotatable bonds is 5. The highest BCUT2D eigenvalue weighted by atomic mass is 79.9. The van der Waals surface area contributed by atoms with Crippen molar-refractivity contribution in [3.8, 4) is 0 Å². The maximum Gasteiger partial charge on any atom is 0.127 e. The van der Waals surface area contributed by atoms with Gasteiger partial charge in [0, 0.05) is 11.0 Å². The molecule has 1 nitrogen and oxygen atoms in total. The van der Waals surface area contributed by atoms with Crippen LogP contribution in [0.25, 0.3) is 0 Å². The largest absolute Gasteiger partial charge is 0.316 e. The fraction of sp³-hybridized carbons (Fsp3) is 0.600. The third kappa shape index (κ3) is 3.33. The minimum absolute atomic E-state index is 0.0767. The molecule has 1 aliphatic carbocycles. The zero-order chi connectivity index (χ0) is 13.0. The van der Waals surface area contributed by atoms with E-state index in [1.165, 1.54) is 25.7 Å². The van der Waals surface area contributed by atoms with E-state index in [2.05, 4.69) is 28.2 Å². The Hall–Kier alpha value is -0.410. The number of hydrogen-bond acceptors (Lipinski definition) is 1. The summed E-state index contributed by atoms with van der Waals surface area (Å²) in [5.74, 6) is -0.0767. The Kier molecular flexibility index (Phi) is 4.79. The van der Waals surface area contributed by atoms with Gasteiger partial charge >= 0.3 is 0 Å². The molecule has 0 atom stereocenters. The summed E-state index contributed by atoms with van der Waals surface area (Å²) in [5, 5.41) is 3.45. The van der Waals surface area contributed by atoms with E-state index in [4.69, 9.17) is 0 Å². The first-order valence-corrected chi connectivity index (χ1v) is 7.59. The minimum Gasteiger partial charge on any atom is -0.316 e. The van der Waals surface area contributed by atoms with Crippen LogP contribution in [0, 0.1) is 11.2 Å². The fourth-order valence-electron chi connectivity index (χ4n) is 3.00. The van der Waals surface area contributed by atoms with Crippen molar-refractivity contribution in [1.29, 1.82) is 0 Å². The van der Waals surface area contributed by atoms with Gasteiger partial charge in [-0.25, -0.2) is 4.39 Å². The molecule has 1 fully saturated rings. The molecule has 2 rings (SSSR count). The molecule has 1 aromatic rings. The van der Waals surface area contributed by atoms with Crippen LogP contribution in [-0.2, 0) is 6.42 Å². The molecule has 1 aliphatic rings. The molecule has 1 aromatic carbocycles. The van der Waals surface area contributed by atoms with Crippen LogP contribution in [0.4, 0.5) is 4.39 Å². The van der Waals surface area contributed by atoms with Crippen molar-refractivity contribution in [2.45, 2.75) is 39.0 Å². The van der Waals surface area contributed by atoms with Crippen LogP contribution in [0.1, 0.15) is 38.2 Å².